The molecule has 0 spiro atoms. The van der Waals surface area contributed by atoms with Gasteiger partial charge in [0.25, 0.3) is 5.91 Å². The molecule has 0 atom stereocenters. The van der Waals surface area contributed by atoms with Crippen LogP contribution in [0, 0.1) is 0 Å². The number of aromatic amines is 1. The molecule has 0 bridgehead atoms. The van der Waals surface area contributed by atoms with Gasteiger partial charge in [0.1, 0.15) is 0 Å². The van der Waals surface area contributed by atoms with Gasteiger partial charge in [-0.15, -0.1) is 0 Å². The number of fused-ring (bicyclic) bond motifs is 1. The maximum absolute atomic E-state index is 12.8. The van der Waals surface area contributed by atoms with E-state index >= 15 is 0 Å². The van der Waals surface area contributed by atoms with Gasteiger partial charge in [-0.1, -0.05) is 12.1 Å². The first-order chi connectivity index (χ1) is 18.0. The second kappa shape index (κ2) is 9.91. The molecular weight excluding hydrogens is 505 g/mol. The summed E-state index contributed by atoms with van der Waals surface area (Å²) in [5, 5.41) is 16.4. The molecule has 2 fully saturated rings. The summed E-state index contributed by atoms with van der Waals surface area (Å²) in [7, 11) is 0. The fourth-order valence-electron chi connectivity index (χ4n) is 5.26. The normalized spacial score (nSPS) is 22.7. The van der Waals surface area contributed by atoms with Gasteiger partial charge in [0.15, 0.2) is 5.58 Å². The van der Waals surface area contributed by atoms with Gasteiger partial charge in [-0.05, 0) is 61.6 Å². The van der Waals surface area contributed by atoms with Crippen molar-refractivity contribution in [3.63, 3.8) is 0 Å². The van der Waals surface area contributed by atoms with Crippen LogP contribution in [0.15, 0.2) is 51.7 Å². The monoisotopic (exact) mass is 532 g/mol. The molecule has 1 saturated carbocycles. The zero-order valence-electron chi connectivity index (χ0n) is 20.3. The number of amides is 2. The Bertz CT molecular complexity index is 1400. The number of rotatable bonds is 6. The molecule has 12 heteroatoms. The SMILES string of the molecule is O=C(CNC(=O)c1cccc(C(F)(F)F)c1)NC1CN(C2CCC(O)(c3ccc4oc(=O)[nH]c4c3)CC2)C1. The van der Waals surface area contributed by atoms with Gasteiger partial charge in [0.05, 0.1) is 29.3 Å². The van der Waals surface area contributed by atoms with Crippen LogP contribution < -0.4 is 16.4 Å². The number of nitrogens with zero attached hydrogens (tertiary/aromatic N) is 1. The van der Waals surface area contributed by atoms with E-state index in [9.17, 15) is 32.7 Å². The van der Waals surface area contributed by atoms with Crippen LogP contribution in [0.4, 0.5) is 13.2 Å². The molecule has 0 radical (unpaired) electrons. The lowest BCUT2D eigenvalue weighted by molar-refractivity contribution is -0.137. The number of carbonyl (C=O) groups is 2. The van der Waals surface area contributed by atoms with Crippen molar-refractivity contribution in [1.29, 1.82) is 0 Å². The molecule has 9 nitrogen and oxygen atoms in total. The molecule has 4 N–H and O–H groups in total. The van der Waals surface area contributed by atoms with Crippen LogP contribution in [0.5, 0.6) is 0 Å². The van der Waals surface area contributed by atoms with Crippen LogP contribution in [-0.2, 0) is 16.6 Å². The fourth-order valence-corrected chi connectivity index (χ4v) is 5.26. The highest BCUT2D eigenvalue weighted by Crippen LogP contribution is 2.40. The van der Waals surface area contributed by atoms with E-state index in [1.54, 1.807) is 18.2 Å². The standard InChI is InChI=1S/C26H27F3N4O5/c27-26(28,29)17-3-1-2-15(10-17)23(35)30-12-22(34)31-18-13-33(14-18)19-6-8-25(37,9-7-19)16-4-5-21-20(11-16)32-24(36)38-21/h1-5,10-11,18-19,37H,6-9,12-14H2,(H,30,35)(H,31,34)(H,32,36). The number of alkyl halides is 3. The predicted molar refractivity (Wildman–Crippen MR) is 130 cm³/mol. The topological polar surface area (TPSA) is 128 Å². The Balaban J connectivity index is 1.05. The van der Waals surface area contributed by atoms with E-state index in [0.29, 0.717) is 37.0 Å². The highest BCUT2D eigenvalue weighted by molar-refractivity contribution is 5.96. The Morgan fingerprint density at radius 1 is 1.13 bits per heavy atom. The molecule has 5 rings (SSSR count). The van der Waals surface area contributed by atoms with Crippen molar-refractivity contribution in [1.82, 2.24) is 20.5 Å². The first-order valence-electron chi connectivity index (χ1n) is 12.3. The molecule has 1 saturated heterocycles. The lowest BCUT2D eigenvalue weighted by atomic mass is 9.76. The number of hydrogen-bond acceptors (Lipinski definition) is 6. The summed E-state index contributed by atoms with van der Waals surface area (Å²) in [6, 6.07) is 9.41. The molecule has 38 heavy (non-hydrogen) atoms. The number of oxazole rings is 1. The number of halogens is 3. The van der Waals surface area contributed by atoms with Crippen LogP contribution in [0.25, 0.3) is 11.1 Å². The largest absolute Gasteiger partial charge is 0.417 e. The summed E-state index contributed by atoms with van der Waals surface area (Å²) < 4.78 is 43.6. The average molecular weight is 533 g/mol. The van der Waals surface area contributed by atoms with Crippen LogP contribution in [0.3, 0.4) is 0 Å². The third-order valence-electron chi connectivity index (χ3n) is 7.39. The van der Waals surface area contributed by atoms with E-state index in [1.165, 1.54) is 6.07 Å². The fraction of sp³-hybridized carbons (Fsp3) is 0.423. The number of nitrogens with one attached hydrogen (secondary N) is 3. The van der Waals surface area contributed by atoms with Gasteiger partial charge >= 0.3 is 11.9 Å². The molecule has 3 aromatic rings. The maximum Gasteiger partial charge on any atom is 0.417 e. The molecular formula is C26H27F3N4O5. The minimum Gasteiger partial charge on any atom is -0.408 e. The quantitative estimate of drug-likeness (QED) is 0.386. The van der Waals surface area contributed by atoms with Crippen LogP contribution in [0.1, 0.15) is 47.2 Å². The highest BCUT2D eigenvalue weighted by Gasteiger charge is 2.40. The van der Waals surface area contributed by atoms with E-state index in [-0.39, 0.29) is 24.2 Å². The van der Waals surface area contributed by atoms with E-state index in [2.05, 4.69) is 20.5 Å². The lowest BCUT2D eigenvalue weighted by Gasteiger charge is -2.48. The Hall–Kier alpha value is -3.64. The molecule has 1 aliphatic heterocycles. The smallest absolute Gasteiger partial charge is 0.408 e. The zero-order valence-corrected chi connectivity index (χ0v) is 20.3. The van der Waals surface area contributed by atoms with Crippen LogP contribution >= 0.6 is 0 Å². The molecule has 202 valence electrons. The van der Waals surface area contributed by atoms with Crippen molar-refractivity contribution in [2.45, 2.75) is 49.5 Å². The highest BCUT2D eigenvalue weighted by atomic mass is 19.4. The molecule has 1 aromatic heterocycles. The first-order valence-corrected chi connectivity index (χ1v) is 12.3. The van der Waals surface area contributed by atoms with Gasteiger partial charge in [0, 0.05) is 24.7 Å². The minimum absolute atomic E-state index is 0.0888. The van der Waals surface area contributed by atoms with Crippen molar-refractivity contribution in [3.05, 3.63) is 69.7 Å². The van der Waals surface area contributed by atoms with Gasteiger partial charge in [0.2, 0.25) is 5.91 Å². The van der Waals surface area contributed by atoms with Crippen molar-refractivity contribution < 1.29 is 32.3 Å². The summed E-state index contributed by atoms with van der Waals surface area (Å²) in [5.41, 5.74) is -0.357. The van der Waals surface area contributed by atoms with Gasteiger partial charge in [-0.2, -0.15) is 13.2 Å². The lowest BCUT2D eigenvalue weighted by Crippen LogP contribution is -2.63. The van der Waals surface area contributed by atoms with Crippen LogP contribution in [-0.4, -0.2) is 58.5 Å². The molecule has 2 aromatic carbocycles. The van der Waals surface area contributed by atoms with E-state index in [0.717, 1.165) is 36.6 Å². The Kier molecular flexibility index (Phi) is 6.78. The molecule has 2 aliphatic rings. The summed E-state index contributed by atoms with van der Waals surface area (Å²) >= 11 is 0. The number of carbonyl (C=O) groups excluding carboxylic acids is 2. The number of hydrogen-bond donors (Lipinski definition) is 4. The summed E-state index contributed by atoms with van der Waals surface area (Å²) in [6.07, 6.45) is -1.91. The molecule has 2 heterocycles. The minimum atomic E-state index is -4.56. The van der Waals surface area contributed by atoms with Crippen molar-refractivity contribution in [2.75, 3.05) is 19.6 Å². The average Bonchev–Trinajstić information content (AvgIpc) is 3.24. The van der Waals surface area contributed by atoms with Crippen LogP contribution in [0.2, 0.25) is 0 Å². The van der Waals surface area contributed by atoms with Crippen molar-refractivity contribution in [2.24, 2.45) is 0 Å². The van der Waals surface area contributed by atoms with Gasteiger partial charge < -0.3 is 20.2 Å². The van der Waals surface area contributed by atoms with E-state index in [4.69, 9.17) is 4.42 Å². The number of likely N-dealkylation sites (tertiary alicyclic amines) is 1. The second-order valence-corrected chi connectivity index (χ2v) is 9.97. The van der Waals surface area contributed by atoms with Crippen molar-refractivity contribution >= 4 is 22.9 Å². The Labute approximate surface area is 215 Å². The van der Waals surface area contributed by atoms with E-state index in [1.807, 2.05) is 0 Å². The summed E-state index contributed by atoms with van der Waals surface area (Å²) in [5.74, 6) is -1.71. The van der Waals surface area contributed by atoms with Crippen molar-refractivity contribution in [3.8, 4) is 0 Å². The second-order valence-electron chi connectivity index (χ2n) is 9.97. The summed E-state index contributed by atoms with van der Waals surface area (Å²) in [4.78, 5) is 40.7. The first kappa shape index (κ1) is 26.0. The zero-order chi connectivity index (χ0) is 27.1. The Morgan fingerprint density at radius 2 is 1.87 bits per heavy atom. The predicted octanol–water partition coefficient (Wildman–Crippen LogP) is 2.50. The number of aliphatic hydroxyl groups is 1. The molecule has 2 amide bonds. The number of aromatic nitrogens is 1. The van der Waals surface area contributed by atoms with Gasteiger partial charge in [-0.25, -0.2) is 4.79 Å². The Morgan fingerprint density at radius 3 is 2.58 bits per heavy atom. The molecule has 0 unspecified atom stereocenters. The number of H-pyrrole nitrogens is 1. The third kappa shape index (κ3) is 5.46. The van der Waals surface area contributed by atoms with Gasteiger partial charge in [-0.3, -0.25) is 19.5 Å². The maximum atomic E-state index is 12.8. The molecule has 1 aliphatic carbocycles. The summed E-state index contributed by atoms with van der Waals surface area (Å²) in [6.45, 7) is 0.936. The number of benzene rings is 2. The van der Waals surface area contributed by atoms with E-state index < -0.39 is 34.9 Å². The third-order valence-corrected chi connectivity index (χ3v) is 7.39.